The number of esters is 1. The van der Waals surface area contributed by atoms with Gasteiger partial charge >= 0.3 is 86.9 Å². The normalized spacial score (nSPS) is 13.9. The second kappa shape index (κ2) is 57.2. The average Bonchev–Trinajstić information content (AvgIpc) is 0.749. The minimum absolute atomic E-state index is 0. The van der Waals surface area contributed by atoms with Crippen LogP contribution in [0.1, 0.15) is 133 Å². The van der Waals surface area contributed by atoms with Crippen molar-refractivity contribution in [2.75, 3.05) is 19.9 Å². The van der Waals surface area contributed by atoms with Crippen LogP contribution in [0.15, 0.2) is 322 Å². The van der Waals surface area contributed by atoms with E-state index in [2.05, 4.69) is 309 Å². The summed E-state index contributed by atoms with van der Waals surface area (Å²) in [6.45, 7) is 22.5. The van der Waals surface area contributed by atoms with E-state index in [1.807, 2.05) is 26.8 Å². The third-order valence-electron chi connectivity index (χ3n) is 18.3. The quantitative estimate of drug-likeness (QED) is 0.00874. The number of methoxy groups -OCH3 is 1. The maximum atomic E-state index is 10.8. The van der Waals surface area contributed by atoms with Gasteiger partial charge in [-0.3, -0.25) is 4.79 Å². The van der Waals surface area contributed by atoms with Gasteiger partial charge in [0, 0.05) is 19.5 Å². The molecule has 7 aromatic carbocycles. The third kappa shape index (κ3) is 34.7. The van der Waals surface area contributed by atoms with Gasteiger partial charge in [0.15, 0.2) is 0 Å². The van der Waals surface area contributed by atoms with Crippen LogP contribution in [-0.4, -0.2) is 100 Å². The molecule has 0 unspecified atom stereocenters. The smallest absolute Gasteiger partial charge is 1.00 e. The number of aliphatic carboxylic acids is 1. The first-order valence-electron chi connectivity index (χ1n) is 37.7. The van der Waals surface area contributed by atoms with Crippen molar-refractivity contribution in [3.63, 3.8) is 0 Å². The molecule has 7 aromatic rings. The van der Waals surface area contributed by atoms with Crippen molar-refractivity contribution in [3.8, 4) is 0 Å². The topological polar surface area (TPSA) is 155 Å². The summed E-state index contributed by atoms with van der Waals surface area (Å²) in [5, 5.41) is 47.9. The Balaban J connectivity index is 0.00000122. The van der Waals surface area contributed by atoms with Crippen LogP contribution in [-0.2, 0) is 27.9 Å². The maximum absolute atomic E-state index is 10.8. The van der Waals surface area contributed by atoms with Gasteiger partial charge in [-0.05, 0) is 145 Å². The van der Waals surface area contributed by atoms with Crippen LogP contribution in [0.3, 0.4) is 0 Å². The molecule has 10 nitrogen and oxygen atoms in total. The van der Waals surface area contributed by atoms with E-state index < -0.39 is 48.2 Å². The van der Waals surface area contributed by atoms with Crippen molar-refractivity contribution >= 4 is 72.5 Å². The standard InChI is InChI=1S/C64H72O2PSi2.C20H30O5.C9H18O3.CH3.HI.K.Na/c1-8-54(65-68(63(2,3)4,59-45-27-13-28-46-59)60-47-29-14-30-48-60)36-18-9-19-37-55(66-69(64(5,6)7,61-49-31-15-32-50-61)62-51-33-16-34-52-62)38-20-17-35-53-67(56-39-21-10-22-40-56,57-41-23-11-24-42-57)58-43-25-12-26-44-58;1-2-17(21)11-8-5-9-14-18(22)12-6-3-4-7-13-19(23)15-10-16-20(24)25;1-4-12-9(10)7-5-6-8(2)11-3;;;;/h9-36,38-52,54-55H,8,37,53H2,1-7H3;3-9,11-13,17-19,21-23H,2,10,14-16H2,1H3,(H,24,25);8H,4-7H2,1-3H3;1H3;1H;;/q+1;;;-1;;2*+1/p-2/b19-9-,35-17+,36-18+,38-20+;4-3+,9-5-,11-8+,12-6+,13-7-;;;;;/t54-,55-;17-,18+,19-;8-;;;;/m110..../s1. The summed E-state index contributed by atoms with van der Waals surface area (Å²) < 4.78 is 25.1. The molecule has 110 heavy (non-hydrogen) atoms. The van der Waals surface area contributed by atoms with Gasteiger partial charge in [0.2, 0.25) is 0 Å². The number of benzene rings is 7. The minimum Gasteiger partial charge on any atom is -1.00 e. The molecule has 0 aromatic heterocycles. The van der Waals surface area contributed by atoms with Crippen molar-refractivity contribution in [3.05, 3.63) is 329 Å². The van der Waals surface area contributed by atoms with Crippen molar-refractivity contribution < 1.29 is 153 Å². The fraction of sp³-hybridized carbons (Fsp3) is 0.330. The monoisotopic (exact) mass is 1690 g/mol. The molecule has 0 heterocycles. The number of ether oxygens (including phenoxy) is 2. The molecule has 7 rings (SSSR count). The van der Waals surface area contributed by atoms with Crippen molar-refractivity contribution in [1.29, 1.82) is 0 Å². The first kappa shape index (κ1) is 103. The Morgan fingerprint density at radius 3 is 1.18 bits per heavy atom. The fourth-order valence-electron chi connectivity index (χ4n) is 12.7. The zero-order valence-corrected chi connectivity index (χ0v) is 78.2. The number of allylic oxidation sites excluding steroid dienone is 11. The van der Waals surface area contributed by atoms with E-state index in [-0.39, 0.29) is 153 Å². The van der Waals surface area contributed by atoms with Crippen molar-refractivity contribution in [2.24, 2.45) is 0 Å². The second-order valence-corrected chi connectivity index (χ2v) is 40.3. The third-order valence-corrected chi connectivity index (χ3v) is 32.8. The van der Waals surface area contributed by atoms with E-state index >= 15 is 0 Å². The van der Waals surface area contributed by atoms with Crippen LogP contribution in [0.4, 0.5) is 0 Å². The van der Waals surface area contributed by atoms with Gasteiger partial charge in [0.25, 0.3) is 16.6 Å². The Kier molecular flexibility index (Phi) is 53.6. The molecule has 0 radical (unpaired) electrons. The minimum atomic E-state index is -2.88. The molecule has 0 aliphatic rings. The first-order valence-corrected chi connectivity index (χ1v) is 43.5. The number of halogens is 1. The average molecular weight is 1690 g/mol. The molecular weight excluding hydrogens is 1570 g/mol. The molecule has 0 fully saturated rings. The number of carboxylic acids is 1. The summed E-state index contributed by atoms with van der Waals surface area (Å²) in [7, 11) is -5.95. The van der Waals surface area contributed by atoms with Gasteiger partial charge in [-0.25, -0.2) is 0 Å². The molecule has 6 atom stereocenters. The van der Waals surface area contributed by atoms with Gasteiger partial charge in [-0.2, -0.15) is 0 Å². The van der Waals surface area contributed by atoms with Gasteiger partial charge in [-0.1, -0.05) is 335 Å². The maximum Gasteiger partial charge on any atom is 1.00 e. The van der Waals surface area contributed by atoms with Gasteiger partial charge in [-0.15, -0.1) is 0 Å². The van der Waals surface area contributed by atoms with Crippen LogP contribution in [0.25, 0.3) is 0 Å². The zero-order valence-electron chi connectivity index (χ0n) is 68.1. The zero-order chi connectivity index (χ0) is 77.0. The first-order chi connectivity index (χ1) is 51.1. The van der Waals surface area contributed by atoms with Gasteiger partial charge in [0.1, 0.15) is 23.2 Å². The number of carbonyl (C=O) groups excluding carboxylic acids is 2. The number of aliphatic hydroxyl groups is 3. The van der Waals surface area contributed by atoms with E-state index in [0.717, 1.165) is 25.4 Å². The van der Waals surface area contributed by atoms with Crippen LogP contribution in [0.5, 0.6) is 0 Å². The largest absolute Gasteiger partial charge is 1.00 e. The summed E-state index contributed by atoms with van der Waals surface area (Å²) in [5.74, 6) is -1.22. The Labute approximate surface area is 746 Å². The number of carboxylic acid groups (broad SMARTS) is 1. The molecule has 0 spiro atoms. The van der Waals surface area contributed by atoms with E-state index in [0.29, 0.717) is 45.1 Å². The van der Waals surface area contributed by atoms with Crippen LogP contribution in [0, 0.1) is 7.43 Å². The van der Waals surface area contributed by atoms with E-state index in [1.165, 1.54) is 36.7 Å². The van der Waals surface area contributed by atoms with Gasteiger partial charge < -0.3 is 74.9 Å². The number of carbonyl (C=O) groups is 2. The number of hydrogen-bond acceptors (Lipinski definition) is 10. The summed E-state index contributed by atoms with van der Waals surface area (Å²) in [4.78, 5) is 21.1. The molecule has 0 bridgehead atoms. The summed E-state index contributed by atoms with van der Waals surface area (Å²) in [6.07, 6.45) is 40.1. The van der Waals surface area contributed by atoms with E-state index in [4.69, 9.17) is 18.3 Å². The summed E-state index contributed by atoms with van der Waals surface area (Å²) in [6, 6.07) is 77.2. The van der Waals surface area contributed by atoms with Crippen LogP contribution >= 0.6 is 7.26 Å². The molecular formula is C94H122IKNaO10PSi2. The predicted molar refractivity (Wildman–Crippen MR) is 457 cm³/mol. The number of aliphatic hydroxyl groups excluding tert-OH is 3. The molecule has 0 amide bonds. The Morgan fingerprint density at radius 1 is 0.455 bits per heavy atom. The fourth-order valence-corrected chi connectivity index (χ4v) is 26.1. The van der Waals surface area contributed by atoms with Gasteiger partial charge in [0.05, 0.1) is 49.4 Å². The molecule has 16 heteroatoms. The summed E-state index contributed by atoms with van der Waals surface area (Å²) >= 11 is 0. The van der Waals surface area contributed by atoms with Crippen molar-refractivity contribution in [2.45, 2.75) is 180 Å². The molecule has 0 saturated carbocycles. The SMILES string of the molecule is CCOC(=O)CCC[C@H](C)OC.CC[C@@H](O)/C=C/C=C\C[C@@H](O)/C=C/C=C/C=C\[C@@H](O)CCCC(=O)[O-].CC[C@H](/C=C/C=C\C[C@H](/C=C/C=C/C[P+](c1ccccc1)(c1ccccc1)c1ccccc1)O[Si](c1ccccc1)(c1ccccc1)C(C)(C)C)O[Si](c1ccccc1)(c1ccccc1)C(C)(C)C.[CH3-].[I-].[K+].[Na+]. The second-order valence-electron chi connectivity index (χ2n) is 28.2. The van der Waals surface area contributed by atoms with Crippen molar-refractivity contribution in [1.82, 2.24) is 0 Å². The molecule has 0 saturated heterocycles. The van der Waals surface area contributed by atoms with E-state index in [1.54, 1.807) is 61.8 Å². The Morgan fingerprint density at radius 2 is 0.800 bits per heavy atom. The Bertz CT molecular complexity index is 3670. The predicted octanol–water partition coefficient (Wildman–Crippen LogP) is 7.68. The number of rotatable bonds is 39. The molecule has 0 aliphatic heterocycles. The summed E-state index contributed by atoms with van der Waals surface area (Å²) in [5.41, 5.74) is 0. The molecule has 3 N–H and O–H groups in total. The van der Waals surface area contributed by atoms with Crippen LogP contribution in [0.2, 0.25) is 10.1 Å². The molecule has 580 valence electrons. The van der Waals surface area contributed by atoms with Crippen LogP contribution < -0.4 is 147 Å². The molecule has 0 aliphatic carbocycles. The van der Waals surface area contributed by atoms with E-state index in [9.17, 15) is 30.0 Å². The Hall–Kier alpha value is -4.87. The number of hydrogen-bond donors (Lipinski definition) is 3.